The number of likely N-dealkylation sites (tertiary alicyclic amines) is 1. The van der Waals surface area contributed by atoms with E-state index in [0.717, 1.165) is 18.4 Å². The summed E-state index contributed by atoms with van der Waals surface area (Å²) < 4.78 is 6.65. The Kier molecular flexibility index (Phi) is 9.70. The molecular weight excluding hydrogens is 621 g/mol. The highest BCUT2D eigenvalue weighted by molar-refractivity contribution is 5.42. The molecule has 4 fully saturated rings. The summed E-state index contributed by atoms with van der Waals surface area (Å²) in [5.41, 5.74) is 8.72. The fraction of sp³-hybridized carbons (Fsp3) is 0.708. The Morgan fingerprint density at radius 1 is 0.843 bits per heavy atom. The summed E-state index contributed by atoms with van der Waals surface area (Å²) in [4.78, 5) is 6.02. The molecule has 0 radical (unpaired) electrons. The molecule has 0 N–H and O–H groups in total. The van der Waals surface area contributed by atoms with Crippen molar-refractivity contribution in [3.8, 4) is 0 Å². The standard InChI is InChI=1S/C48H68N2O/c1-34-29-38(49(45-33-51-46-24-14-12-22-41(45)46)43-23-13-11-21-40(43)36-19-9-5-10-20-36)32-39(30-34)50-44-26-25-37(35-17-7-4-8-18-35)31-42(44)48(47(50,2)3)27-15-6-16-28-48/h9,13-14,19,23-25,29,32,35-36,39,41-42,44-46H,4-8,10-12,15-18,20-22,26-28,30-31,33H2,1-3H3. The van der Waals surface area contributed by atoms with E-state index in [0.29, 0.717) is 35.4 Å². The van der Waals surface area contributed by atoms with Crippen LogP contribution in [0.3, 0.4) is 0 Å². The minimum absolute atomic E-state index is 0.186. The van der Waals surface area contributed by atoms with Crippen LogP contribution < -0.4 is 0 Å². The molecule has 276 valence electrons. The summed E-state index contributed by atoms with van der Waals surface area (Å²) >= 11 is 0. The lowest BCUT2D eigenvalue weighted by Gasteiger charge is -2.52. The van der Waals surface area contributed by atoms with Crippen LogP contribution in [0.1, 0.15) is 149 Å². The van der Waals surface area contributed by atoms with E-state index in [9.17, 15) is 0 Å². The molecular formula is C48H68N2O. The van der Waals surface area contributed by atoms with Crippen LogP contribution in [0.2, 0.25) is 0 Å². The van der Waals surface area contributed by atoms with E-state index < -0.39 is 0 Å². The van der Waals surface area contributed by atoms with Crippen molar-refractivity contribution in [2.24, 2.45) is 29.1 Å². The summed E-state index contributed by atoms with van der Waals surface area (Å²) in [6, 6.07) is 1.48. The second-order valence-corrected chi connectivity index (χ2v) is 19.0. The van der Waals surface area contributed by atoms with Gasteiger partial charge in [0.05, 0.1) is 18.8 Å². The molecule has 2 aliphatic heterocycles. The zero-order valence-corrected chi connectivity index (χ0v) is 32.5. The van der Waals surface area contributed by atoms with E-state index >= 15 is 0 Å². The minimum Gasteiger partial charge on any atom is -0.372 e. The molecule has 2 saturated heterocycles. The van der Waals surface area contributed by atoms with Gasteiger partial charge in [-0.05, 0) is 152 Å². The van der Waals surface area contributed by atoms with E-state index in [1.54, 1.807) is 11.1 Å². The predicted molar refractivity (Wildman–Crippen MR) is 212 cm³/mol. The molecule has 0 aromatic carbocycles. The number of allylic oxidation sites excluding steroid dienone is 8. The lowest BCUT2D eigenvalue weighted by Crippen LogP contribution is -2.55. The topological polar surface area (TPSA) is 15.7 Å². The smallest absolute Gasteiger partial charge is 0.0805 e. The number of nitrogens with zero attached hydrogens (tertiary/aromatic N) is 2. The third kappa shape index (κ3) is 6.07. The molecule has 7 aliphatic carbocycles. The molecule has 3 heteroatoms. The Bertz CT molecular complexity index is 1520. The van der Waals surface area contributed by atoms with Gasteiger partial charge >= 0.3 is 0 Å². The highest BCUT2D eigenvalue weighted by Crippen LogP contribution is 2.64. The Morgan fingerprint density at radius 2 is 1.67 bits per heavy atom. The number of ether oxygens (including phenoxy) is 1. The van der Waals surface area contributed by atoms with Gasteiger partial charge in [-0.1, -0.05) is 86.1 Å². The van der Waals surface area contributed by atoms with E-state index in [1.807, 2.05) is 5.57 Å². The number of fused-ring (bicyclic) bond motifs is 3. The van der Waals surface area contributed by atoms with Crippen LogP contribution in [0.4, 0.5) is 0 Å². The van der Waals surface area contributed by atoms with Crippen LogP contribution in [0.15, 0.2) is 82.8 Å². The van der Waals surface area contributed by atoms with Gasteiger partial charge in [0.1, 0.15) is 0 Å². The van der Waals surface area contributed by atoms with Gasteiger partial charge in [-0.25, -0.2) is 0 Å². The molecule has 2 saturated carbocycles. The first-order valence-corrected chi connectivity index (χ1v) is 21.9. The van der Waals surface area contributed by atoms with E-state index in [4.69, 9.17) is 4.74 Å². The van der Waals surface area contributed by atoms with E-state index in [-0.39, 0.29) is 11.6 Å². The molecule has 3 nitrogen and oxygen atoms in total. The Hall–Kier alpha value is -2.10. The maximum atomic E-state index is 6.65. The SMILES string of the molecule is CC1=CC(N(C2=C(C3C=CCCC3)CCC=C2)C2COC3C=CCCC32)=CC(N2C3CC=C(C4CCCCC4)CC3C3(CCCCC3)C2(C)C)C1. The molecule has 51 heavy (non-hydrogen) atoms. The molecule has 0 aromatic heterocycles. The zero-order valence-electron chi connectivity index (χ0n) is 32.5. The Morgan fingerprint density at radius 3 is 2.49 bits per heavy atom. The first-order chi connectivity index (χ1) is 24.9. The fourth-order valence-electron chi connectivity index (χ4n) is 13.7. The van der Waals surface area contributed by atoms with Gasteiger partial charge in [-0.2, -0.15) is 0 Å². The second-order valence-electron chi connectivity index (χ2n) is 19.0. The second kappa shape index (κ2) is 14.3. The average molecular weight is 689 g/mol. The molecule has 9 rings (SSSR count). The van der Waals surface area contributed by atoms with Crippen LogP contribution in [0.5, 0.6) is 0 Å². The number of rotatable bonds is 6. The van der Waals surface area contributed by atoms with Crippen LogP contribution in [0, 0.1) is 29.1 Å². The molecule has 1 spiro atoms. The molecule has 0 amide bonds. The van der Waals surface area contributed by atoms with Gasteiger partial charge < -0.3 is 9.64 Å². The largest absolute Gasteiger partial charge is 0.372 e. The van der Waals surface area contributed by atoms with Crippen molar-refractivity contribution in [2.45, 2.75) is 179 Å². The average Bonchev–Trinajstić information content (AvgIpc) is 3.66. The maximum Gasteiger partial charge on any atom is 0.0805 e. The highest BCUT2D eigenvalue weighted by Gasteiger charge is 2.64. The monoisotopic (exact) mass is 689 g/mol. The maximum absolute atomic E-state index is 6.65. The summed E-state index contributed by atoms with van der Waals surface area (Å²) in [6.45, 7) is 8.70. The van der Waals surface area contributed by atoms with E-state index in [2.05, 4.69) is 85.3 Å². The first kappa shape index (κ1) is 34.7. The van der Waals surface area contributed by atoms with Crippen molar-refractivity contribution in [3.63, 3.8) is 0 Å². The Balaban J connectivity index is 1.12. The molecule has 0 aromatic rings. The first-order valence-electron chi connectivity index (χ1n) is 21.9. The van der Waals surface area contributed by atoms with Crippen molar-refractivity contribution in [3.05, 3.63) is 82.8 Å². The van der Waals surface area contributed by atoms with Crippen molar-refractivity contribution >= 4 is 0 Å². The lowest BCUT2D eigenvalue weighted by molar-refractivity contribution is 0.00218. The van der Waals surface area contributed by atoms with E-state index in [1.165, 1.54) is 140 Å². The molecule has 9 aliphatic rings. The third-order valence-electron chi connectivity index (χ3n) is 16.1. The normalized spacial score (nSPS) is 37.9. The number of hydrogen-bond acceptors (Lipinski definition) is 3. The number of hydrogen-bond donors (Lipinski definition) is 0. The fourth-order valence-corrected chi connectivity index (χ4v) is 13.7. The summed E-state index contributed by atoms with van der Waals surface area (Å²) in [5, 5.41) is 0. The van der Waals surface area contributed by atoms with Crippen molar-refractivity contribution in [2.75, 3.05) is 6.61 Å². The molecule has 2 heterocycles. The molecule has 0 bridgehead atoms. The quantitative estimate of drug-likeness (QED) is 0.258. The zero-order chi connectivity index (χ0) is 34.6. The van der Waals surface area contributed by atoms with Crippen molar-refractivity contribution in [1.82, 2.24) is 9.80 Å². The van der Waals surface area contributed by atoms with Gasteiger partial charge in [0.2, 0.25) is 0 Å². The van der Waals surface area contributed by atoms with Gasteiger partial charge in [0.25, 0.3) is 0 Å². The highest BCUT2D eigenvalue weighted by atomic mass is 16.5. The van der Waals surface area contributed by atoms with Crippen LogP contribution >= 0.6 is 0 Å². The van der Waals surface area contributed by atoms with Crippen LogP contribution in [-0.2, 0) is 4.74 Å². The molecule has 7 atom stereocenters. The van der Waals surface area contributed by atoms with Gasteiger partial charge in [0, 0.05) is 40.9 Å². The van der Waals surface area contributed by atoms with Gasteiger partial charge in [-0.3, -0.25) is 4.90 Å². The summed E-state index contributed by atoms with van der Waals surface area (Å²) in [6.07, 6.45) is 50.1. The lowest BCUT2D eigenvalue weighted by atomic mass is 9.55. The molecule has 7 unspecified atom stereocenters. The van der Waals surface area contributed by atoms with Crippen molar-refractivity contribution in [1.29, 1.82) is 0 Å². The predicted octanol–water partition coefficient (Wildman–Crippen LogP) is 11.9. The van der Waals surface area contributed by atoms with Gasteiger partial charge in [0.15, 0.2) is 0 Å². The van der Waals surface area contributed by atoms with Crippen molar-refractivity contribution < 1.29 is 4.74 Å². The minimum atomic E-state index is 0.186. The summed E-state index contributed by atoms with van der Waals surface area (Å²) in [7, 11) is 0. The Labute approximate surface area is 311 Å². The van der Waals surface area contributed by atoms with Crippen LogP contribution in [-0.4, -0.2) is 46.2 Å². The summed E-state index contributed by atoms with van der Waals surface area (Å²) in [5.74, 6) is 2.80. The third-order valence-corrected chi connectivity index (χ3v) is 16.1. The van der Waals surface area contributed by atoms with Crippen LogP contribution in [0.25, 0.3) is 0 Å². The van der Waals surface area contributed by atoms with Gasteiger partial charge in [-0.15, -0.1) is 0 Å².